The molecule has 6 atom stereocenters. The van der Waals surface area contributed by atoms with E-state index in [0.717, 1.165) is 38.5 Å². The van der Waals surface area contributed by atoms with Gasteiger partial charge in [0, 0.05) is 6.42 Å². The second-order valence-corrected chi connectivity index (χ2v) is 10.8. The van der Waals surface area contributed by atoms with E-state index in [1.807, 2.05) is 0 Å². The molecule has 18 heteroatoms. The number of rotatable bonds is 19. The lowest BCUT2D eigenvalue weighted by Gasteiger charge is -2.48. The van der Waals surface area contributed by atoms with Crippen molar-refractivity contribution in [2.75, 3.05) is 6.61 Å². The van der Waals surface area contributed by atoms with Crippen molar-refractivity contribution in [1.82, 2.24) is 0 Å². The first-order valence-corrected chi connectivity index (χ1v) is 14.4. The van der Waals surface area contributed by atoms with E-state index in [1.165, 1.54) is 0 Å². The van der Waals surface area contributed by atoms with Crippen molar-refractivity contribution >= 4 is 32.2 Å². The van der Waals surface area contributed by atoms with Crippen LogP contribution in [-0.4, -0.2) is 113 Å². The van der Waals surface area contributed by atoms with Crippen LogP contribution in [0.3, 0.4) is 0 Å². The molecule has 0 radical (unpaired) electrons. The summed E-state index contributed by atoms with van der Waals surface area (Å²) >= 11 is 0. The molecule has 41 heavy (non-hydrogen) atoms. The number of phosphoric acid groups is 1. The Balaban J connectivity index is 0.00000509. The lowest BCUT2D eigenvalue weighted by atomic mass is 9.89. The molecule has 1 heterocycles. The average Bonchev–Trinajstić information content (AvgIpc) is 2.85. The minimum atomic E-state index is -5.78. The molecule has 0 saturated carbocycles. The van der Waals surface area contributed by atoms with E-state index in [4.69, 9.17) is 29.4 Å². The Morgan fingerprint density at radius 3 is 1.80 bits per heavy atom. The van der Waals surface area contributed by atoms with Crippen molar-refractivity contribution in [3.8, 4) is 0 Å². The predicted molar refractivity (Wildman–Crippen MR) is 135 cm³/mol. The Morgan fingerprint density at radius 2 is 1.39 bits per heavy atom. The van der Waals surface area contributed by atoms with Crippen molar-refractivity contribution in [1.29, 1.82) is 0 Å². The Kier molecular flexibility index (Phi) is 17.4. The Hall–Kier alpha value is -2.21. The van der Waals surface area contributed by atoms with E-state index in [0.29, 0.717) is 6.42 Å². The molecule has 0 aromatic rings. The molecule has 1 saturated heterocycles. The van der Waals surface area contributed by atoms with Gasteiger partial charge in [0.1, 0.15) is 24.4 Å². The molecule has 1 aliphatic rings. The second kappa shape index (κ2) is 18.4. The van der Waals surface area contributed by atoms with Crippen molar-refractivity contribution in [3.63, 3.8) is 0 Å². The SMILES string of the molecule is CCCCCCCCCCC1(OP(=O)(O)OC(CC(=O)O)(CC(=O)O)C(=O)O)O[C@H](CO)[C@@H](O)[C@H](O)[C@H]1O.O=CO. The molecule has 1 aliphatic heterocycles. The van der Waals surface area contributed by atoms with Crippen LogP contribution in [-0.2, 0) is 37.5 Å². The smallest absolute Gasteiger partial charge is 0.475 e. The van der Waals surface area contributed by atoms with Gasteiger partial charge in [0.15, 0.2) is 5.60 Å². The maximum absolute atomic E-state index is 13.0. The van der Waals surface area contributed by atoms with Gasteiger partial charge in [-0.25, -0.2) is 9.36 Å². The van der Waals surface area contributed by atoms with Gasteiger partial charge in [-0.1, -0.05) is 51.9 Å². The van der Waals surface area contributed by atoms with Gasteiger partial charge in [-0.05, 0) is 6.42 Å². The van der Waals surface area contributed by atoms with Crippen LogP contribution in [0, 0.1) is 0 Å². The standard InChI is InChI=1S/C22H39O15P.CH2O2/c1-2-3-4-5-6-7-8-9-10-22(19(30)18(29)17(28)14(13-23)35-22)37-38(33,34)36-21(20(31)32,11-15(24)25)12-16(26)27;2-1-3/h14,17-19,23,28-30H,2-13H2,1H3,(H,24,25)(H,26,27)(H,31,32)(H,33,34);1H,(H,2,3)/t14-,17-,18+,19-,22?;/m1./s1. The molecule has 2 unspecified atom stereocenters. The number of carbonyl (C=O) groups is 4. The highest BCUT2D eigenvalue weighted by molar-refractivity contribution is 7.47. The minimum absolute atomic E-state index is 0.181. The Morgan fingerprint density at radius 1 is 0.927 bits per heavy atom. The quantitative estimate of drug-likeness (QED) is 0.0532. The van der Waals surface area contributed by atoms with Gasteiger partial charge in [0.25, 0.3) is 6.47 Å². The van der Waals surface area contributed by atoms with Gasteiger partial charge < -0.3 is 50.5 Å². The van der Waals surface area contributed by atoms with Crippen LogP contribution < -0.4 is 0 Å². The number of hydrogen-bond donors (Lipinski definition) is 9. The second-order valence-electron chi connectivity index (χ2n) is 9.50. The van der Waals surface area contributed by atoms with E-state index < -0.39 is 87.4 Å². The number of aliphatic carboxylic acids is 3. The van der Waals surface area contributed by atoms with Crippen LogP contribution in [0.4, 0.5) is 0 Å². The Bertz CT molecular complexity index is 864. The molecular weight excluding hydrogens is 579 g/mol. The summed E-state index contributed by atoms with van der Waals surface area (Å²) < 4.78 is 28.1. The molecule has 0 aromatic carbocycles. The molecule has 0 amide bonds. The molecule has 0 bridgehead atoms. The van der Waals surface area contributed by atoms with E-state index in [2.05, 4.69) is 11.4 Å². The zero-order valence-corrected chi connectivity index (χ0v) is 23.5. The van der Waals surface area contributed by atoms with Crippen molar-refractivity contribution in [2.45, 2.75) is 113 Å². The fourth-order valence-corrected chi connectivity index (χ4v) is 5.60. The summed E-state index contributed by atoms with van der Waals surface area (Å²) in [6.45, 7) is 0.911. The van der Waals surface area contributed by atoms with Gasteiger partial charge in [0.2, 0.25) is 5.79 Å². The zero-order valence-electron chi connectivity index (χ0n) is 22.6. The van der Waals surface area contributed by atoms with Gasteiger partial charge in [0.05, 0.1) is 19.4 Å². The predicted octanol–water partition coefficient (Wildman–Crippen LogP) is 0.295. The summed E-state index contributed by atoms with van der Waals surface area (Å²) in [6, 6.07) is 0. The fourth-order valence-electron chi connectivity index (χ4n) is 4.28. The highest BCUT2D eigenvalue weighted by atomic mass is 31.2. The molecule has 1 fully saturated rings. The molecular formula is C23H41O17P. The first-order valence-electron chi connectivity index (χ1n) is 12.9. The summed E-state index contributed by atoms with van der Waals surface area (Å²) in [5, 5.41) is 75.3. The fraction of sp³-hybridized carbons (Fsp3) is 0.826. The summed E-state index contributed by atoms with van der Waals surface area (Å²) in [5.41, 5.74) is -3.25. The number of phosphoric ester groups is 1. The number of hydrogen-bond acceptors (Lipinski definition) is 12. The average molecular weight is 621 g/mol. The van der Waals surface area contributed by atoms with Crippen molar-refractivity contribution < 1.29 is 83.3 Å². The highest BCUT2D eigenvalue weighted by Gasteiger charge is 2.59. The van der Waals surface area contributed by atoms with Gasteiger partial charge in [-0.3, -0.25) is 23.4 Å². The monoisotopic (exact) mass is 620 g/mol. The molecule has 0 spiro atoms. The van der Waals surface area contributed by atoms with Crippen LogP contribution in [0.5, 0.6) is 0 Å². The number of aliphatic hydroxyl groups is 4. The van der Waals surface area contributed by atoms with Gasteiger partial charge in [-0.2, -0.15) is 0 Å². The van der Waals surface area contributed by atoms with Gasteiger partial charge >= 0.3 is 25.7 Å². The lowest BCUT2D eigenvalue weighted by Crippen LogP contribution is -2.65. The third-order valence-electron chi connectivity index (χ3n) is 6.24. The largest absolute Gasteiger partial charge is 0.483 e. The summed E-state index contributed by atoms with van der Waals surface area (Å²) in [7, 11) is -5.78. The van der Waals surface area contributed by atoms with Crippen molar-refractivity contribution in [3.05, 3.63) is 0 Å². The summed E-state index contributed by atoms with van der Waals surface area (Å²) in [5.74, 6) is -8.54. The molecule has 1 rings (SSSR count). The maximum Gasteiger partial charge on any atom is 0.475 e. The summed E-state index contributed by atoms with van der Waals surface area (Å²) in [6.07, 6.45) is -4.66. The van der Waals surface area contributed by atoms with Crippen LogP contribution >= 0.6 is 7.82 Å². The number of carboxylic acids is 3. The van der Waals surface area contributed by atoms with E-state index in [1.54, 1.807) is 0 Å². The molecule has 17 nitrogen and oxygen atoms in total. The lowest BCUT2D eigenvalue weighted by molar-refractivity contribution is -0.344. The van der Waals surface area contributed by atoms with Crippen LogP contribution in [0.15, 0.2) is 0 Å². The molecule has 240 valence electrons. The molecule has 0 aliphatic carbocycles. The van der Waals surface area contributed by atoms with Crippen LogP contribution in [0.1, 0.15) is 77.6 Å². The number of carboxylic acid groups (broad SMARTS) is 4. The maximum atomic E-state index is 13.0. The number of ether oxygens (including phenoxy) is 1. The van der Waals surface area contributed by atoms with E-state index in [9.17, 15) is 49.4 Å². The first-order chi connectivity index (χ1) is 19.1. The first kappa shape index (κ1) is 38.8. The van der Waals surface area contributed by atoms with E-state index in [-0.39, 0.29) is 12.9 Å². The third-order valence-corrected chi connectivity index (χ3v) is 7.36. The highest BCUT2D eigenvalue weighted by Crippen LogP contribution is 2.55. The summed E-state index contributed by atoms with van der Waals surface area (Å²) in [4.78, 5) is 53.1. The minimum Gasteiger partial charge on any atom is -0.483 e. The van der Waals surface area contributed by atoms with Crippen LogP contribution in [0.25, 0.3) is 0 Å². The van der Waals surface area contributed by atoms with Crippen molar-refractivity contribution in [2.24, 2.45) is 0 Å². The van der Waals surface area contributed by atoms with Crippen LogP contribution in [0.2, 0.25) is 0 Å². The third kappa shape index (κ3) is 12.7. The molecule has 9 N–H and O–H groups in total. The van der Waals surface area contributed by atoms with Gasteiger partial charge in [-0.15, -0.1) is 0 Å². The normalized spacial score (nSPS) is 25.8. The number of aliphatic hydroxyl groups excluding tert-OH is 4. The topological polar surface area (TPSA) is 295 Å². The van der Waals surface area contributed by atoms with E-state index >= 15 is 0 Å². The Labute approximate surface area is 235 Å². The molecule has 0 aromatic heterocycles. The number of unbranched alkanes of at least 4 members (excludes halogenated alkanes) is 7. The zero-order chi connectivity index (χ0) is 31.9.